The second kappa shape index (κ2) is 5.82. The van der Waals surface area contributed by atoms with Gasteiger partial charge in [0.05, 0.1) is 5.92 Å². The Labute approximate surface area is 119 Å². The number of nitrogens with one attached hydrogen (secondary N) is 3. The summed E-state index contributed by atoms with van der Waals surface area (Å²) in [5.74, 6) is -1.83. The van der Waals surface area contributed by atoms with Crippen LogP contribution < -0.4 is 16.0 Å². The molecule has 0 radical (unpaired) electrons. The first-order valence-electron chi connectivity index (χ1n) is 6.36. The molecule has 1 saturated carbocycles. The number of sulfonamides is 1. The van der Waals surface area contributed by atoms with Crippen LogP contribution in [0.15, 0.2) is 20.7 Å². The second-order valence-electron chi connectivity index (χ2n) is 4.92. The molecule has 21 heavy (non-hydrogen) atoms. The lowest BCUT2D eigenvalue weighted by Gasteiger charge is -2.16. The van der Waals surface area contributed by atoms with Gasteiger partial charge in [0.25, 0.3) is 5.56 Å². The summed E-state index contributed by atoms with van der Waals surface area (Å²) in [6.07, 6.45) is 2.66. The Hall–Kier alpha value is -1.94. The molecule has 0 spiro atoms. The molecule has 1 aromatic rings. The van der Waals surface area contributed by atoms with E-state index in [1.54, 1.807) is 0 Å². The van der Waals surface area contributed by atoms with E-state index in [1.165, 1.54) is 0 Å². The van der Waals surface area contributed by atoms with Crippen LogP contribution in [0.1, 0.15) is 19.3 Å². The highest BCUT2D eigenvalue weighted by atomic mass is 32.2. The van der Waals surface area contributed by atoms with Gasteiger partial charge in [0, 0.05) is 12.7 Å². The molecule has 2 unspecified atom stereocenters. The van der Waals surface area contributed by atoms with Gasteiger partial charge in [0.1, 0.15) is 0 Å². The summed E-state index contributed by atoms with van der Waals surface area (Å²) in [4.78, 5) is 36.6. The molecular formula is C11H15N3O6S. The normalized spacial score (nSPS) is 22.3. The van der Waals surface area contributed by atoms with Crippen molar-refractivity contribution in [1.29, 1.82) is 0 Å². The smallest absolute Gasteiger partial charge is 0.325 e. The fourth-order valence-corrected chi connectivity index (χ4v) is 3.60. The molecule has 0 amide bonds. The van der Waals surface area contributed by atoms with Crippen LogP contribution in [0.3, 0.4) is 0 Å². The third-order valence-electron chi connectivity index (χ3n) is 3.59. The van der Waals surface area contributed by atoms with Gasteiger partial charge in [-0.3, -0.25) is 14.6 Å². The molecule has 1 fully saturated rings. The summed E-state index contributed by atoms with van der Waals surface area (Å²) >= 11 is 0. The Bertz CT molecular complexity index is 750. The molecule has 0 bridgehead atoms. The highest BCUT2D eigenvalue weighted by molar-refractivity contribution is 7.89. The Morgan fingerprint density at radius 2 is 2.10 bits per heavy atom. The van der Waals surface area contributed by atoms with Crippen molar-refractivity contribution in [3.05, 3.63) is 27.0 Å². The van der Waals surface area contributed by atoms with Crippen molar-refractivity contribution >= 4 is 16.0 Å². The van der Waals surface area contributed by atoms with Crippen LogP contribution in [0.4, 0.5) is 0 Å². The maximum atomic E-state index is 12.0. The van der Waals surface area contributed by atoms with Gasteiger partial charge in [0.15, 0.2) is 4.90 Å². The number of aromatic nitrogens is 2. The number of aliphatic carboxylic acids is 1. The number of carboxylic acids is 1. The van der Waals surface area contributed by atoms with Gasteiger partial charge in [-0.15, -0.1) is 0 Å². The zero-order valence-electron chi connectivity index (χ0n) is 11.0. The molecule has 0 aromatic carbocycles. The summed E-state index contributed by atoms with van der Waals surface area (Å²) in [5, 5.41) is 9.03. The van der Waals surface area contributed by atoms with Gasteiger partial charge in [-0.2, -0.15) is 0 Å². The van der Waals surface area contributed by atoms with Gasteiger partial charge >= 0.3 is 11.7 Å². The van der Waals surface area contributed by atoms with E-state index in [0.717, 1.165) is 12.6 Å². The number of carboxylic acid groups (broad SMARTS) is 1. The number of H-pyrrole nitrogens is 2. The van der Waals surface area contributed by atoms with Crippen LogP contribution in [0.25, 0.3) is 0 Å². The standard InChI is InChI=1S/C11H15N3O6S/c15-9-8(5-12-11(18)14-9)21(19,20)13-4-6-2-1-3-7(6)10(16)17/h5-7,13H,1-4H2,(H,16,17)(H2,12,14,15,18). The molecular weight excluding hydrogens is 302 g/mol. The molecule has 116 valence electrons. The zero-order chi connectivity index (χ0) is 15.6. The van der Waals surface area contributed by atoms with Gasteiger partial charge in [-0.1, -0.05) is 6.42 Å². The Balaban J connectivity index is 2.13. The second-order valence-corrected chi connectivity index (χ2v) is 6.66. The summed E-state index contributed by atoms with van der Waals surface area (Å²) in [5.41, 5.74) is -1.83. The third kappa shape index (κ3) is 3.39. The molecule has 0 saturated heterocycles. The first-order chi connectivity index (χ1) is 9.81. The van der Waals surface area contributed by atoms with E-state index in [9.17, 15) is 22.8 Å². The molecule has 1 heterocycles. The van der Waals surface area contributed by atoms with E-state index < -0.39 is 38.1 Å². The molecule has 2 atom stereocenters. The Kier molecular flexibility index (Phi) is 4.28. The Morgan fingerprint density at radius 1 is 1.38 bits per heavy atom. The lowest BCUT2D eigenvalue weighted by Crippen LogP contribution is -2.37. The van der Waals surface area contributed by atoms with Crippen LogP contribution in [-0.4, -0.2) is 36.0 Å². The van der Waals surface area contributed by atoms with Crippen LogP contribution in [0, 0.1) is 11.8 Å². The number of hydrogen-bond acceptors (Lipinski definition) is 5. The predicted octanol–water partition coefficient (Wildman–Crippen LogP) is -1.16. The molecule has 9 nitrogen and oxygen atoms in total. The van der Waals surface area contributed by atoms with Crippen molar-refractivity contribution in [1.82, 2.24) is 14.7 Å². The van der Waals surface area contributed by atoms with Crippen molar-refractivity contribution in [2.75, 3.05) is 6.54 Å². The largest absolute Gasteiger partial charge is 0.481 e. The van der Waals surface area contributed by atoms with Gasteiger partial charge in [0.2, 0.25) is 10.0 Å². The summed E-state index contributed by atoms with van der Waals surface area (Å²) < 4.78 is 26.2. The number of carbonyl (C=O) groups is 1. The highest BCUT2D eigenvalue weighted by Gasteiger charge is 2.33. The molecule has 1 aliphatic carbocycles. The number of rotatable bonds is 5. The van der Waals surface area contributed by atoms with Crippen molar-refractivity contribution in [3.63, 3.8) is 0 Å². The van der Waals surface area contributed by atoms with E-state index in [-0.39, 0.29) is 12.5 Å². The lowest BCUT2D eigenvalue weighted by molar-refractivity contribution is -0.142. The average Bonchev–Trinajstić information content (AvgIpc) is 2.84. The molecule has 4 N–H and O–H groups in total. The zero-order valence-corrected chi connectivity index (χ0v) is 11.8. The predicted molar refractivity (Wildman–Crippen MR) is 71.3 cm³/mol. The monoisotopic (exact) mass is 317 g/mol. The van der Waals surface area contributed by atoms with Crippen LogP contribution >= 0.6 is 0 Å². The van der Waals surface area contributed by atoms with Crippen LogP contribution in [0.2, 0.25) is 0 Å². The molecule has 1 aliphatic rings. The Morgan fingerprint density at radius 3 is 2.71 bits per heavy atom. The third-order valence-corrected chi connectivity index (χ3v) is 5.02. The van der Waals surface area contributed by atoms with Crippen molar-refractivity contribution in [2.45, 2.75) is 24.2 Å². The minimum absolute atomic E-state index is 0.0577. The fourth-order valence-electron chi connectivity index (χ4n) is 2.50. The van der Waals surface area contributed by atoms with Gasteiger partial charge in [-0.25, -0.2) is 17.9 Å². The van der Waals surface area contributed by atoms with Crippen molar-refractivity contribution < 1.29 is 18.3 Å². The lowest BCUT2D eigenvalue weighted by atomic mass is 9.97. The van der Waals surface area contributed by atoms with Gasteiger partial charge in [-0.05, 0) is 18.8 Å². The van der Waals surface area contributed by atoms with E-state index in [2.05, 4.69) is 9.71 Å². The van der Waals surface area contributed by atoms with E-state index >= 15 is 0 Å². The minimum atomic E-state index is -4.10. The van der Waals surface area contributed by atoms with E-state index in [0.29, 0.717) is 12.8 Å². The maximum Gasteiger partial charge on any atom is 0.325 e. The fraction of sp³-hybridized carbons (Fsp3) is 0.545. The van der Waals surface area contributed by atoms with E-state index in [1.807, 2.05) is 4.98 Å². The SMILES string of the molecule is O=C(O)C1CCCC1CNS(=O)(=O)c1c[nH]c(=O)[nH]c1=O. The highest BCUT2D eigenvalue weighted by Crippen LogP contribution is 2.31. The average molecular weight is 317 g/mol. The van der Waals surface area contributed by atoms with E-state index in [4.69, 9.17) is 5.11 Å². The van der Waals surface area contributed by atoms with Crippen LogP contribution in [0.5, 0.6) is 0 Å². The number of hydrogen-bond donors (Lipinski definition) is 4. The summed E-state index contributed by atoms with van der Waals surface area (Å²) in [7, 11) is -4.10. The van der Waals surface area contributed by atoms with Crippen LogP contribution in [-0.2, 0) is 14.8 Å². The molecule has 1 aromatic heterocycles. The van der Waals surface area contributed by atoms with Gasteiger partial charge < -0.3 is 10.1 Å². The summed E-state index contributed by atoms with van der Waals surface area (Å²) in [6.45, 7) is -0.0577. The van der Waals surface area contributed by atoms with Crippen molar-refractivity contribution in [3.8, 4) is 0 Å². The molecule has 0 aliphatic heterocycles. The first-order valence-corrected chi connectivity index (χ1v) is 7.84. The first kappa shape index (κ1) is 15.4. The summed E-state index contributed by atoms with van der Waals surface area (Å²) in [6, 6.07) is 0. The molecule has 2 rings (SSSR count). The number of aromatic amines is 2. The quantitative estimate of drug-likeness (QED) is 0.538. The minimum Gasteiger partial charge on any atom is -0.481 e. The van der Waals surface area contributed by atoms with Crippen molar-refractivity contribution in [2.24, 2.45) is 11.8 Å². The maximum absolute atomic E-state index is 12.0. The topological polar surface area (TPSA) is 149 Å². The molecule has 10 heteroatoms.